The molecule has 1 aromatic carbocycles. The zero-order chi connectivity index (χ0) is 17.5. The van der Waals surface area contributed by atoms with Gasteiger partial charge in [-0.2, -0.15) is 0 Å². The molecular formula is C20H21N3O2. The van der Waals surface area contributed by atoms with Gasteiger partial charge in [0.25, 0.3) is 0 Å². The molecule has 1 N–H and O–H groups in total. The van der Waals surface area contributed by atoms with E-state index in [4.69, 9.17) is 4.42 Å². The molecule has 0 fully saturated rings. The summed E-state index contributed by atoms with van der Waals surface area (Å²) in [5.74, 6) is 1.30. The SMILES string of the molecule is Cc1ccc(-c2cnc(CCC(=O)NCCc3ccccn3)o2)cc1. The molecule has 1 amide bonds. The van der Waals surface area contributed by atoms with E-state index in [0.29, 0.717) is 25.3 Å². The highest BCUT2D eigenvalue weighted by molar-refractivity contribution is 5.76. The number of oxazole rings is 1. The van der Waals surface area contributed by atoms with Gasteiger partial charge in [0.05, 0.1) is 6.20 Å². The first kappa shape index (κ1) is 16.9. The molecular weight excluding hydrogens is 314 g/mol. The molecule has 0 saturated carbocycles. The van der Waals surface area contributed by atoms with E-state index >= 15 is 0 Å². The van der Waals surface area contributed by atoms with Gasteiger partial charge in [-0.3, -0.25) is 9.78 Å². The van der Waals surface area contributed by atoms with Crippen LogP contribution in [0.25, 0.3) is 11.3 Å². The van der Waals surface area contributed by atoms with Crippen LogP contribution < -0.4 is 5.32 Å². The minimum Gasteiger partial charge on any atom is -0.441 e. The lowest BCUT2D eigenvalue weighted by molar-refractivity contribution is -0.121. The highest BCUT2D eigenvalue weighted by atomic mass is 16.4. The van der Waals surface area contributed by atoms with Gasteiger partial charge in [-0.05, 0) is 19.1 Å². The Balaban J connectivity index is 1.44. The summed E-state index contributed by atoms with van der Waals surface area (Å²) in [4.78, 5) is 20.4. The summed E-state index contributed by atoms with van der Waals surface area (Å²) in [7, 11) is 0. The van der Waals surface area contributed by atoms with Crippen molar-refractivity contribution in [3.8, 4) is 11.3 Å². The van der Waals surface area contributed by atoms with Gasteiger partial charge in [0.1, 0.15) is 0 Å². The fourth-order valence-electron chi connectivity index (χ4n) is 2.46. The zero-order valence-corrected chi connectivity index (χ0v) is 14.2. The number of benzene rings is 1. The summed E-state index contributed by atoms with van der Waals surface area (Å²) < 4.78 is 5.73. The summed E-state index contributed by atoms with van der Waals surface area (Å²) in [5, 5.41) is 2.90. The molecule has 0 bridgehead atoms. The predicted octanol–water partition coefficient (Wildman–Crippen LogP) is 3.34. The molecule has 0 radical (unpaired) electrons. The topological polar surface area (TPSA) is 68.0 Å². The molecule has 3 rings (SSSR count). The fourth-order valence-corrected chi connectivity index (χ4v) is 2.46. The van der Waals surface area contributed by atoms with E-state index in [1.165, 1.54) is 5.56 Å². The molecule has 0 aliphatic heterocycles. The summed E-state index contributed by atoms with van der Waals surface area (Å²) in [6.45, 7) is 2.62. The first-order chi connectivity index (χ1) is 12.2. The van der Waals surface area contributed by atoms with E-state index in [-0.39, 0.29) is 5.91 Å². The highest BCUT2D eigenvalue weighted by Gasteiger charge is 2.09. The third-order valence-corrected chi connectivity index (χ3v) is 3.89. The van der Waals surface area contributed by atoms with E-state index in [9.17, 15) is 4.79 Å². The Kier molecular flexibility index (Phi) is 5.57. The maximum atomic E-state index is 11.9. The van der Waals surface area contributed by atoms with Crippen LogP contribution in [0.3, 0.4) is 0 Å². The van der Waals surface area contributed by atoms with Crippen molar-refractivity contribution in [2.45, 2.75) is 26.2 Å². The molecule has 2 aromatic heterocycles. The van der Waals surface area contributed by atoms with Crippen molar-refractivity contribution in [1.29, 1.82) is 0 Å². The molecule has 25 heavy (non-hydrogen) atoms. The Labute approximate surface area is 147 Å². The number of aryl methyl sites for hydroxylation is 2. The molecule has 2 heterocycles. The van der Waals surface area contributed by atoms with Crippen LogP contribution in [0.2, 0.25) is 0 Å². The highest BCUT2D eigenvalue weighted by Crippen LogP contribution is 2.21. The second kappa shape index (κ2) is 8.24. The van der Waals surface area contributed by atoms with Gasteiger partial charge in [-0.15, -0.1) is 0 Å². The third-order valence-electron chi connectivity index (χ3n) is 3.89. The number of carbonyl (C=O) groups excluding carboxylic acids is 1. The first-order valence-electron chi connectivity index (χ1n) is 8.39. The van der Waals surface area contributed by atoms with Crippen molar-refractivity contribution >= 4 is 5.91 Å². The largest absolute Gasteiger partial charge is 0.441 e. The Morgan fingerprint density at radius 3 is 2.68 bits per heavy atom. The number of carbonyl (C=O) groups is 1. The van der Waals surface area contributed by atoms with Gasteiger partial charge >= 0.3 is 0 Å². The van der Waals surface area contributed by atoms with Gasteiger partial charge in [0.2, 0.25) is 5.91 Å². The van der Waals surface area contributed by atoms with Gasteiger partial charge in [0.15, 0.2) is 11.7 Å². The van der Waals surface area contributed by atoms with Crippen molar-refractivity contribution in [3.05, 3.63) is 72.0 Å². The smallest absolute Gasteiger partial charge is 0.220 e. The van der Waals surface area contributed by atoms with Crippen LogP contribution in [0.4, 0.5) is 0 Å². The molecule has 0 aliphatic carbocycles. The van der Waals surface area contributed by atoms with E-state index in [1.54, 1.807) is 12.4 Å². The second-order valence-corrected chi connectivity index (χ2v) is 5.91. The van der Waals surface area contributed by atoms with E-state index < -0.39 is 0 Å². The van der Waals surface area contributed by atoms with E-state index in [2.05, 4.69) is 15.3 Å². The number of pyridine rings is 1. The number of hydrogen-bond donors (Lipinski definition) is 1. The summed E-state index contributed by atoms with van der Waals surface area (Å²) >= 11 is 0. The average molecular weight is 335 g/mol. The summed E-state index contributed by atoms with van der Waals surface area (Å²) in [5.41, 5.74) is 3.16. The normalized spacial score (nSPS) is 10.6. The quantitative estimate of drug-likeness (QED) is 0.719. The summed E-state index contributed by atoms with van der Waals surface area (Å²) in [6.07, 6.45) is 5.03. The van der Waals surface area contributed by atoms with Crippen LogP contribution in [0.5, 0.6) is 0 Å². The van der Waals surface area contributed by atoms with Crippen LogP contribution >= 0.6 is 0 Å². The number of hydrogen-bond acceptors (Lipinski definition) is 4. The number of nitrogens with one attached hydrogen (secondary N) is 1. The molecule has 0 atom stereocenters. The molecule has 5 nitrogen and oxygen atoms in total. The minimum atomic E-state index is -0.00832. The molecule has 0 aliphatic rings. The van der Waals surface area contributed by atoms with Crippen LogP contribution in [0, 0.1) is 6.92 Å². The number of amides is 1. The lowest BCUT2D eigenvalue weighted by Gasteiger charge is -2.04. The lowest BCUT2D eigenvalue weighted by Crippen LogP contribution is -2.26. The molecule has 128 valence electrons. The average Bonchev–Trinajstić information content (AvgIpc) is 3.10. The molecule has 0 unspecified atom stereocenters. The lowest BCUT2D eigenvalue weighted by atomic mass is 10.1. The first-order valence-corrected chi connectivity index (χ1v) is 8.39. The zero-order valence-electron chi connectivity index (χ0n) is 14.2. The standard InChI is InChI=1S/C20H21N3O2/c1-15-5-7-16(8-6-15)18-14-23-20(25-18)10-9-19(24)22-13-11-17-4-2-3-12-21-17/h2-8,12,14H,9-11,13H2,1H3,(H,22,24). The van der Waals surface area contributed by atoms with Gasteiger partial charge in [-0.25, -0.2) is 4.98 Å². The van der Waals surface area contributed by atoms with Crippen LogP contribution in [-0.2, 0) is 17.6 Å². The minimum absolute atomic E-state index is 0.00832. The fraction of sp³-hybridized carbons (Fsp3) is 0.250. The van der Waals surface area contributed by atoms with E-state index in [0.717, 1.165) is 23.4 Å². The maximum absolute atomic E-state index is 11.9. The number of nitrogens with zero attached hydrogens (tertiary/aromatic N) is 2. The van der Waals surface area contributed by atoms with Crippen molar-refractivity contribution in [2.24, 2.45) is 0 Å². The Morgan fingerprint density at radius 1 is 1.08 bits per heavy atom. The molecule has 3 aromatic rings. The molecule has 0 saturated heterocycles. The van der Waals surface area contributed by atoms with Crippen molar-refractivity contribution in [2.75, 3.05) is 6.54 Å². The third kappa shape index (κ3) is 5.01. The van der Waals surface area contributed by atoms with Crippen molar-refractivity contribution in [1.82, 2.24) is 15.3 Å². The predicted molar refractivity (Wildman–Crippen MR) is 95.9 cm³/mol. The van der Waals surface area contributed by atoms with Gasteiger partial charge in [0, 0.05) is 43.3 Å². The van der Waals surface area contributed by atoms with E-state index in [1.807, 2.05) is 49.4 Å². The van der Waals surface area contributed by atoms with Crippen LogP contribution in [-0.4, -0.2) is 22.4 Å². The molecule has 5 heteroatoms. The number of rotatable bonds is 7. The Morgan fingerprint density at radius 2 is 1.92 bits per heavy atom. The Hall–Kier alpha value is -2.95. The summed E-state index contributed by atoms with van der Waals surface area (Å²) in [6, 6.07) is 13.8. The Bertz CT molecular complexity index is 810. The monoisotopic (exact) mass is 335 g/mol. The van der Waals surface area contributed by atoms with Crippen LogP contribution in [0.1, 0.15) is 23.6 Å². The second-order valence-electron chi connectivity index (χ2n) is 5.91. The van der Waals surface area contributed by atoms with Gasteiger partial charge < -0.3 is 9.73 Å². The van der Waals surface area contributed by atoms with Crippen molar-refractivity contribution in [3.63, 3.8) is 0 Å². The van der Waals surface area contributed by atoms with Crippen molar-refractivity contribution < 1.29 is 9.21 Å². The number of aromatic nitrogens is 2. The van der Waals surface area contributed by atoms with Gasteiger partial charge in [-0.1, -0.05) is 35.9 Å². The van der Waals surface area contributed by atoms with Crippen LogP contribution in [0.15, 0.2) is 59.3 Å². The molecule has 0 spiro atoms. The maximum Gasteiger partial charge on any atom is 0.220 e.